The lowest BCUT2D eigenvalue weighted by Gasteiger charge is -2.12. The standard InChI is InChI=1S/C31H32N6O6S2/c1-4-43-30(40)27-23-7-5-6-8-24(23)45-29(27)33-26(38)17-44-31-35-34-25(36(31)21-11-13-22(14-12-21)37(41)42)16-32-28(39)20-10-9-18(2)19(3)15-20/h9-15H,4-8,16-17H2,1-3H3,(H,32,39)(H,33,38). The fraction of sp³-hybridized carbons (Fsp3) is 0.323. The number of hydrogen-bond acceptors (Lipinski definition) is 10. The van der Waals surface area contributed by atoms with Crippen LogP contribution in [-0.2, 0) is 28.9 Å². The Kier molecular flexibility index (Phi) is 9.93. The maximum atomic E-state index is 13.2. The molecule has 45 heavy (non-hydrogen) atoms. The van der Waals surface area contributed by atoms with Crippen LogP contribution in [0.5, 0.6) is 0 Å². The van der Waals surface area contributed by atoms with Gasteiger partial charge in [-0.15, -0.1) is 21.5 Å². The van der Waals surface area contributed by atoms with Gasteiger partial charge in [0.05, 0.1) is 29.4 Å². The van der Waals surface area contributed by atoms with Crippen LogP contribution >= 0.6 is 23.1 Å². The predicted molar refractivity (Wildman–Crippen MR) is 171 cm³/mol. The lowest BCUT2D eigenvalue weighted by Crippen LogP contribution is -2.24. The average Bonchev–Trinajstić information content (AvgIpc) is 3.61. The minimum atomic E-state index is -0.492. The molecule has 4 aromatic rings. The van der Waals surface area contributed by atoms with Crippen LogP contribution in [0.25, 0.3) is 5.69 Å². The van der Waals surface area contributed by atoms with Gasteiger partial charge in [-0.05, 0) is 87.4 Å². The molecule has 14 heteroatoms. The van der Waals surface area contributed by atoms with Crippen LogP contribution in [0.2, 0.25) is 0 Å². The van der Waals surface area contributed by atoms with E-state index >= 15 is 0 Å². The molecule has 2 aromatic carbocycles. The number of aryl methyl sites for hydroxylation is 3. The Morgan fingerprint density at radius 2 is 1.82 bits per heavy atom. The molecule has 0 unspecified atom stereocenters. The molecule has 5 rings (SSSR count). The molecule has 0 saturated carbocycles. The van der Waals surface area contributed by atoms with Crippen molar-refractivity contribution in [3.05, 3.63) is 91.1 Å². The van der Waals surface area contributed by atoms with Crippen molar-refractivity contribution >= 4 is 51.6 Å². The van der Waals surface area contributed by atoms with Crippen LogP contribution in [-0.4, -0.2) is 49.8 Å². The molecule has 0 saturated heterocycles. The molecule has 1 aliphatic rings. The van der Waals surface area contributed by atoms with Crippen LogP contribution in [0, 0.1) is 24.0 Å². The van der Waals surface area contributed by atoms with Crippen molar-refractivity contribution in [2.75, 3.05) is 17.7 Å². The van der Waals surface area contributed by atoms with E-state index in [2.05, 4.69) is 20.8 Å². The van der Waals surface area contributed by atoms with Crippen LogP contribution in [0.3, 0.4) is 0 Å². The van der Waals surface area contributed by atoms with Crippen molar-refractivity contribution in [2.45, 2.75) is 58.2 Å². The van der Waals surface area contributed by atoms with Gasteiger partial charge in [-0.1, -0.05) is 17.8 Å². The molecule has 2 aromatic heterocycles. The summed E-state index contributed by atoms with van der Waals surface area (Å²) < 4.78 is 6.94. The number of nitrogens with zero attached hydrogens (tertiary/aromatic N) is 4. The number of fused-ring (bicyclic) bond motifs is 1. The number of benzene rings is 2. The number of carbonyl (C=O) groups excluding carboxylic acids is 3. The number of nitro groups is 1. The zero-order chi connectivity index (χ0) is 32.1. The van der Waals surface area contributed by atoms with Gasteiger partial charge in [-0.2, -0.15) is 0 Å². The normalized spacial score (nSPS) is 12.3. The van der Waals surface area contributed by atoms with Crippen molar-refractivity contribution in [3.63, 3.8) is 0 Å². The first-order valence-corrected chi connectivity index (χ1v) is 16.2. The van der Waals surface area contributed by atoms with E-state index in [1.165, 1.54) is 23.5 Å². The number of anilines is 1. The van der Waals surface area contributed by atoms with Crippen LogP contribution < -0.4 is 10.6 Å². The van der Waals surface area contributed by atoms with E-state index in [1.807, 2.05) is 26.0 Å². The highest BCUT2D eigenvalue weighted by molar-refractivity contribution is 7.99. The molecular formula is C31H32N6O6S2. The number of thiophene rings is 1. The largest absolute Gasteiger partial charge is 0.462 e. The SMILES string of the molecule is CCOC(=O)c1c(NC(=O)CSc2nnc(CNC(=O)c3ccc(C)c(C)c3)n2-c2ccc([N+](=O)[O-])cc2)sc2c1CCCC2. The van der Waals surface area contributed by atoms with Gasteiger partial charge in [0.1, 0.15) is 5.00 Å². The van der Waals surface area contributed by atoms with Crippen molar-refractivity contribution < 1.29 is 24.0 Å². The van der Waals surface area contributed by atoms with Gasteiger partial charge < -0.3 is 15.4 Å². The fourth-order valence-corrected chi connectivity index (χ4v) is 7.07. The Bertz CT molecular complexity index is 1760. The molecule has 2 heterocycles. The van der Waals surface area contributed by atoms with Crippen molar-refractivity contribution in [1.82, 2.24) is 20.1 Å². The topological polar surface area (TPSA) is 158 Å². The first kappa shape index (κ1) is 31.9. The molecule has 2 N–H and O–H groups in total. The average molecular weight is 649 g/mol. The number of rotatable bonds is 11. The van der Waals surface area contributed by atoms with E-state index in [1.54, 1.807) is 29.7 Å². The Hall–Kier alpha value is -4.56. The molecule has 12 nitrogen and oxygen atoms in total. The van der Waals surface area contributed by atoms with E-state index in [-0.39, 0.29) is 36.4 Å². The monoisotopic (exact) mass is 648 g/mol. The van der Waals surface area contributed by atoms with Crippen LogP contribution in [0.1, 0.15) is 67.9 Å². The van der Waals surface area contributed by atoms with Gasteiger partial charge in [-0.3, -0.25) is 24.3 Å². The molecule has 0 spiro atoms. The summed E-state index contributed by atoms with van der Waals surface area (Å²) in [6.45, 7) is 5.90. The van der Waals surface area contributed by atoms with Gasteiger partial charge in [-0.25, -0.2) is 4.79 Å². The molecule has 234 valence electrons. The smallest absolute Gasteiger partial charge is 0.341 e. The number of nitro benzene ring substituents is 1. The number of esters is 1. The number of non-ortho nitro benzene ring substituents is 1. The minimum Gasteiger partial charge on any atom is -0.462 e. The second-order valence-corrected chi connectivity index (χ2v) is 12.5. The second-order valence-electron chi connectivity index (χ2n) is 10.5. The number of ether oxygens (including phenoxy) is 1. The van der Waals surface area contributed by atoms with Crippen molar-refractivity contribution in [1.29, 1.82) is 0 Å². The third kappa shape index (κ3) is 7.23. The van der Waals surface area contributed by atoms with Crippen LogP contribution in [0.4, 0.5) is 10.7 Å². The molecule has 1 aliphatic carbocycles. The van der Waals surface area contributed by atoms with Crippen molar-refractivity contribution in [2.24, 2.45) is 0 Å². The highest BCUT2D eigenvalue weighted by Crippen LogP contribution is 2.39. The Morgan fingerprint density at radius 3 is 2.53 bits per heavy atom. The van der Waals surface area contributed by atoms with E-state index in [4.69, 9.17) is 4.74 Å². The summed E-state index contributed by atoms with van der Waals surface area (Å²) in [5.41, 5.74) is 4.41. The highest BCUT2D eigenvalue weighted by atomic mass is 32.2. The number of thioether (sulfide) groups is 1. The molecule has 0 radical (unpaired) electrons. The maximum absolute atomic E-state index is 13.2. The third-order valence-electron chi connectivity index (χ3n) is 7.43. The summed E-state index contributed by atoms with van der Waals surface area (Å²) in [6.07, 6.45) is 3.64. The lowest BCUT2D eigenvalue weighted by atomic mass is 9.95. The van der Waals surface area contributed by atoms with E-state index in [9.17, 15) is 24.5 Å². The zero-order valence-corrected chi connectivity index (χ0v) is 26.7. The number of carbonyl (C=O) groups is 3. The van der Waals surface area contributed by atoms with Crippen LogP contribution in [0.15, 0.2) is 47.6 Å². The molecule has 2 amide bonds. The third-order valence-corrected chi connectivity index (χ3v) is 9.57. The number of aromatic nitrogens is 3. The number of amides is 2. The van der Waals surface area contributed by atoms with Gasteiger partial charge >= 0.3 is 5.97 Å². The molecule has 0 atom stereocenters. The zero-order valence-electron chi connectivity index (χ0n) is 25.0. The maximum Gasteiger partial charge on any atom is 0.341 e. The summed E-state index contributed by atoms with van der Waals surface area (Å²) in [5.74, 6) is -0.747. The lowest BCUT2D eigenvalue weighted by molar-refractivity contribution is -0.384. The van der Waals surface area contributed by atoms with Gasteiger partial charge in [0, 0.05) is 28.3 Å². The molecular weight excluding hydrogens is 617 g/mol. The van der Waals surface area contributed by atoms with E-state index < -0.39 is 10.9 Å². The fourth-order valence-electron chi connectivity index (χ4n) is 5.00. The van der Waals surface area contributed by atoms with Gasteiger partial charge in [0.25, 0.3) is 11.6 Å². The van der Waals surface area contributed by atoms with E-state index in [0.29, 0.717) is 32.8 Å². The molecule has 0 aliphatic heterocycles. The van der Waals surface area contributed by atoms with Gasteiger partial charge in [0.2, 0.25) is 5.91 Å². The van der Waals surface area contributed by atoms with Crippen molar-refractivity contribution in [3.8, 4) is 5.69 Å². The summed E-state index contributed by atoms with van der Waals surface area (Å²) in [7, 11) is 0. The Morgan fingerprint density at radius 1 is 1.07 bits per heavy atom. The Balaban J connectivity index is 1.35. The highest BCUT2D eigenvalue weighted by Gasteiger charge is 2.27. The van der Waals surface area contributed by atoms with E-state index in [0.717, 1.165) is 59.0 Å². The second kappa shape index (κ2) is 14.0. The summed E-state index contributed by atoms with van der Waals surface area (Å²) in [5, 5.41) is 26.4. The summed E-state index contributed by atoms with van der Waals surface area (Å²) in [4.78, 5) is 50.7. The Labute approximate surface area is 267 Å². The first-order chi connectivity index (χ1) is 21.7. The number of hydrogen-bond donors (Lipinski definition) is 2. The summed E-state index contributed by atoms with van der Waals surface area (Å²) in [6, 6.07) is 11.3. The first-order valence-electron chi connectivity index (χ1n) is 14.4. The quantitative estimate of drug-likeness (QED) is 0.0918. The molecule has 0 fully saturated rings. The predicted octanol–water partition coefficient (Wildman–Crippen LogP) is 5.57. The molecule has 0 bridgehead atoms. The minimum absolute atomic E-state index is 0.0200. The summed E-state index contributed by atoms with van der Waals surface area (Å²) >= 11 is 2.53. The number of nitrogens with one attached hydrogen (secondary N) is 2. The van der Waals surface area contributed by atoms with Gasteiger partial charge in [0.15, 0.2) is 11.0 Å².